The van der Waals surface area contributed by atoms with Gasteiger partial charge in [-0.1, -0.05) is 57.3 Å². The van der Waals surface area contributed by atoms with Gasteiger partial charge in [-0.3, -0.25) is 4.79 Å². The first-order chi connectivity index (χ1) is 22.1. The molecule has 13 heteroatoms. The molecular formula is C33H54O13. The SMILES string of the molecule is C=CC(=O)OC[C@H]1O[C@H]2OC(C)CCCCCC/C=C\CCCCCCCC(=O)OC[C@H]3O[C@@H](O[C@@H]2[C@@H](O)[C@@H]1O)[C@H](O)[C@@H](O)[C@@H]3O. The quantitative estimate of drug-likeness (QED) is 0.168. The monoisotopic (exact) mass is 658 g/mol. The summed E-state index contributed by atoms with van der Waals surface area (Å²) in [6.07, 6.45) is 1.63. The van der Waals surface area contributed by atoms with Gasteiger partial charge >= 0.3 is 11.9 Å². The van der Waals surface area contributed by atoms with Crippen LogP contribution in [0.3, 0.4) is 0 Å². The average Bonchev–Trinajstić information content (AvgIpc) is 3.04. The second kappa shape index (κ2) is 20.4. The smallest absolute Gasteiger partial charge is 0.330 e. The third-order valence-corrected chi connectivity index (χ3v) is 8.59. The van der Waals surface area contributed by atoms with Gasteiger partial charge in [0.25, 0.3) is 0 Å². The Morgan fingerprint density at radius 2 is 1.46 bits per heavy atom. The van der Waals surface area contributed by atoms with Crippen LogP contribution in [0.2, 0.25) is 0 Å². The van der Waals surface area contributed by atoms with Gasteiger partial charge in [0, 0.05) is 12.5 Å². The molecule has 0 radical (unpaired) electrons. The minimum Gasteiger partial charge on any atom is -0.463 e. The van der Waals surface area contributed by atoms with Gasteiger partial charge in [0.15, 0.2) is 12.6 Å². The van der Waals surface area contributed by atoms with Crippen molar-refractivity contribution < 1.29 is 63.5 Å². The number of carbonyl (C=O) groups is 2. The number of fused-ring (bicyclic) bond motifs is 3. The van der Waals surface area contributed by atoms with Crippen LogP contribution in [-0.4, -0.2) is 118 Å². The van der Waals surface area contributed by atoms with E-state index >= 15 is 0 Å². The van der Waals surface area contributed by atoms with Crippen molar-refractivity contribution in [2.45, 2.75) is 158 Å². The minimum absolute atomic E-state index is 0.192. The molecule has 0 amide bonds. The van der Waals surface area contributed by atoms with Crippen molar-refractivity contribution in [2.24, 2.45) is 0 Å². The fourth-order valence-corrected chi connectivity index (χ4v) is 5.73. The summed E-state index contributed by atoms with van der Waals surface area (Å²) in [7, 11) is 0. The van der Waals surface area contributed by atoms with Crippen LogP contribution in [0, 0.1) is 0 Å². The fraction of sp³-hybridized carbons (Fsp3) is 0.818. The number of allylic oxidation sites excluding steroid dienone is 2. The fourth-order valence-electron chi connectivity index (χ4n) is 5.73. The molecule has 3 rings (SSSR count). The zero-order valence-corrected chi connectivity index (χ0v) is 26.9. The van der Waals surface area contributed by atoms with Crippen LogP contribution >= 0.6 is 0 Å². The summed E-state index contributed by atoms with van der Waals surface area (Å²) in [6.45, 7) is 4.36. The van der Waals surface area contributed by atoms with Crippen molar-refractivity contribution >= 4 is 11.9 Å². The maximum atomic E-state index is 12.4. The number of cyclic esters (lactones) is 1. The number of ether oxygens (including phenoxy) is 6. The van der Waals surface area contributed by atoms with E-state index in [1.807, 2.05) is 6.92 Å². The molecule has 2 bridgehead atoms. The Balaban J connectivity index is 1.74. The van der Waals surface area contributed by atoms with Gasteiger partial charge in [-0.2, -0.15) is 0 Å². The zero-order chi connectivity index (χ0) is 33.5. The van der Waals surface area contributed by atoms with E-state index in [0.717, 1.165) is 70.3 Å². The summed E-state index contributed by atoms with van der Waals surface area (Å²) in [5, 5.41) is 53.7. The Bertz CT molecular complexity index is 945. The molecule has 0 saturated carbocycles. The van der Waals surface area contributed by atoms with Crippen molar-refractivity contribution in [1.29, 1.82) is 0 Å². The first-order valence-corrected chi connectivity index (χ1v) is 16.7. The highest BCUT2D eigenvalue weighted by molar-refractivity contribution is 5.81. The van der Waals surface area contributed by atoms with E-state index in [9.17, 15) is 35.1 Å². The van der Waals surface area contributed by atoms with Crippen LogP contribution in [-0.2, 0) is 38.0 Å². The summed E-state index contributed by atoms with van der Waals surface area (Å²) in [5.74, 6) is -1.23. The van der Waals surface area contributed by atoms with Crippen molar-refractivity contribution in [1.82, 2.24) is 0 Å². The molecule has 13 nitrogen and oxygen atoms in total. The molecule has 3 aliphatic heterocycles. The molecular weight excluding hydrogens is 604 g/mol. The predicted octanol–water partition coefficient (Wildman–Crippen LogP) is 1.94. The molecule has 1 unspecified atom stereocenters. The first-order valence-electron chi connectivity index (χ1n) is 16.7. The van der Waals surface area contributed by atoms with Crippen LogP contribution < -0.4 is 0 Å². The number of hydrogen-bond acceptors (Lipinski definition) is 13. The molecule has 0 spiro atoms. The molecule has 3 aliphatic rings. The van der Waals surface area contributed by atoms with Gasteiger partial charge in [-0.15, -0.1) is 0 Å². The topological polar surface area (TPSA) is 191 Å². The number of carbonyl (C=O) groups excluding carboxylic acids is 2. The molecule has 0 aromatic heterocycles. The van der Waals surface area contributed by atoms with Crippen LogP contribution in [0.5, 0.6) is 0 Å². The van der Waals surface area contributed by atoms with Crippen LogP contribution in [0.4, 0.5) is 0 Å². The highest BCUT2D eigenvalue weighted by atomic mass is 16.8. The number of esters is 2. The van der Waals surface area contributed by atoms with Crippen molar-refractivity contribution in [3.05, 3.63) is 24.8 Å². The largest absolute Gasteiger partial charge is 0.463 e. The van der Waals surface area contributed by atoms with Crippen molar-refractivity contribution in [3.8, 4) is 0 Å². The average molecular weight is 659 g/mol. The van der Waals surface area contributed by atoms with Gasteiger partial charge < -0.3 is 54.0 Å². The second-order valence-corrected chi connectivity index (χ2v) is 12.4. The maximum absolute atomic E-state index is 12.4. The van der Waals surface area contributed by atoms with E-state index in [1.165, 1.54) is 0 Å². The number of hydrogen-bond donors (Lipinski definition) is 5. The highest BCUT2D eigenvalue weighted by Gasteiger charge is 2.51. The molecule has 0 aliphatic carbocycles. The molecule has 3 heterocycles. The third kappa shape index (κ3) is 12.3. The first kappa shape index (κ1) is 38.5. The summed E-state index contributed by atoms with van der Waals surface area (Å²) in [6, 6.07) is 0. The van der Waals surface area contributed by atoms with Gasteiger partial charge in [0.05, 0.1) is 6.10 Å². The van der Waals surface area contributed by atoms with E-state index in [4.69, 9.17) is 28.4 Å². The number of aliphatic hydroxyl groups excluding tert-OH is 5. The van der Waals surface area contributed by atoms with Crippen LogP contribution in [0.15, 0.2) is 24.8 Å². The second-order valence-electron chi connectivity index (χ2n) is 12.4. The number of rotatable bonds is 3. The van der Waals surface area contributed by atoms with Crippen LogP contribution in [0.1, 0.15) is 90.4 Å². The van der Waals surface area contributed by atoms with Gasteiger partial charge in [-0.05, 0) is 45.4 Å². The Morgan fingerprint density at radius 3 is 2.15 bits per heavy atom. The lowest BCUT2D eigenvalue weighted by molar-refractivity contribution is -0.371. The lowest BCUT2D eigenvalue weighted by Crippen LogP contribution is -2.65. The van der Waals surface area contributed by atoms with Gasteiger partial charge in [0.2, 0.25) is 0 Å². The number of aliphatic hydroxyl groups is 5. The summed E-state index contributed by atoms with van der Waals surface area (Å²) >= 11 is 0. The van der Waals surface area contributed by atoms with E-state index in [-0.39, 0.29) is 12.5 Å². The molecule has 5 N–H and O–H groups in total. The maximum Gasteiger partial charge on any atom is 0.330 e. The van der Waals surface area contributed by atoms with Crippen molar-refractivity contribution in [2.75, 3.05) is 13.2 Å². The lowest BCUT2D eigenvalue weighted by Gasteiger charge is -2.46. The molecule has 0 aromatic rings. The molecule has 2 fully saturated rings. The van der Waals surface area contributed by atoms with Gasteiger partial charge in [-0.25, -0.2) is 4.79 Å². The Morgan fingerprint density at radius 1 is 0.804 bits per heavy atom. The summed E-state index contributed by atoms with van der Waals surface area (Å²) in [5.41, 5.74) is 0. The van der Waals surface area contributed by atoms with Crippen molar-refractivity contribution in [3.63, 3.8) is 0 Å². The Labute approximate surface area is 271 Å². The van der Waals surface area contributed by atoms with E-state index in [1.54, 1.807) is 0 Å². The minimum atomic E-state index is -1.77. The molecule has 46 heavy (non-hydrogen) atoms. The van der Waals surface area contributed by atoms with E-state index in [0.29, 0.717) is 12.8 Å². The van der Waals surface area contributed by atoms with E-state index < -0.39 is 86.6 Å². The standard InChI is InChI=1S/C33H54O13/c1-3-24(34)41-19-23-27(37)29(39)31-33(45-23)43-21(2)17-15-13-11-9-7-5-4-6-8-10-12-14-16-18-25(35)42-20-22-26(36)28(38)30(40)32(44-22)46-31/h3-5,21-23,26-33,36-40H,1,6-20H2,2H3/b5-4-/t21?,22-,23-,26-,27-,28+,29+,30-,31-,32+,33-/m1/s1. The van der Waals surface area contributed by atoms with Crippen LogP contribution in [0.25, 0.3) is 0 Å². The summed E-state index contributed by atoms with van der Waals surface area (Å²) in [4.78, 5) is 24.0. The van der Waals surface area contributed by atoms with E-state index in [2.05, 4.69) is 18.7 Å². The predicted molar refractivity (Wildman–Crippen MR) is 164 cm³/mol. The molecule has 2 saturated heterocycles. The normalized spacial score (nSPS) is 39.3. The highest BCUT2D eigenvalue weighted by Crippen LogP contribution is 2.31. The third-order valence-electron chi connectivity index (χ3n) is 8.59. The van der Waals surface area contributed by atoms with Gasteiger partial charge in [0.1, 0.15) is 62.0 Å². The Kier molecular flexibility index (Phi) is 17.1. The molecule has 11 atom stereocenters. The Hall–Kier alpha value is -1.94. The molecule has 264 valence electrons. The zero-order valence-electron chi connectivity index (χ0n) is 26.9. The summed E-state index contributed by atoms with van der Waals surface area (Å²) < 4.78 is 34.0. The lowest BCUT2D eigenvalue weighted by atomic mass is 9.97. The molecule has 0 aromatic carbocycles.